The second-order valence-electron chi connectivity index (χ2n) is 3.73. The molecule has 0 aromatic heterocycles. The van der Waals surface area contributed by atoms with Crippen LogP contribution in [0.15, 0.2) is 11.3 Å². The fourth-order valence-corrected chi connectivity index (χ4v) is 1.96. The maximum Gasteiger partial charge on any atom is 0.417 e. The molecule has 0 atom stereocenters. The van der Waals surface area contributed by atoms with E-state index in [4.69, 9.17) is 0 Å². The lowest BCUT2D eigenvalue weighted by Crippen LogP contribution is -2.71. The predicted molar refractivity (Wildman–Crippen MR) is 39.6 cm³/mol. The van der Waals surface area contributed by atoms with Gasteiger partial charge in [0, 0.05) is 0 Å². The molecular weight excluding hydrogens is 321 g/mol. The van der Waals surface area contributed by atoms with Crippen LogP contribution < -0.4 is 0 Å². The monoisotopic (exact) mass is 324 g/mol. The van der Waals surface area contributed by atoms with Crippen molar-refractivity contribution in [3.05, 3.63) is 11.3 Å². The maximum atomic E-state index is 13.2. The highest BCUT2D eigenvalue weighted by molar-refractivity contribution is 5.47. The van der Waals surface area contributed by atoms with E-state index < -0.39 is 41.2 Å². The van der Waals surface area contributed by atoms with E-state index in [2.05, 4.69) is 4.74 Å². The summed E-state index contributed by atoms with van der Waals surface area (Å²) in [6.07, 6.45) is -20.1. The third-order valence-electron chi connectivity index (χ3n) is 2.70. The SMILES string of the molecule is COC1=C(C(F)(F)F)C(C(F)(F)F)(C(F)(F)F)C1(F)F. The quantitative estimate of drug-likeness (QED) is 0.657. The summed E-state index contributed by atoms with van der Waals surface area (Å²) in [6.45, 7) is 0. The summed E-state index contributed by atoms with van der Waals surface area (Å²) in [5.41, 5.74) is -9.83. The van der Waals surface area contributed by atoms with Gasteiger partial charge in [-0.25, -0.2) is 0 Å². The Kier molecular flexibility index (Phi) is 3.29. The number of ether oxygens (including phenoxy) is 1. The van der Waals surface area contributed by atoms with Gasteiger partial charge in [-0.3, -0.25) is 0 Å². The minimum Gasteiger partial charge on any atom is -0.494 e. The molecular formula is C8H3F11O. The van der Waals surface area contributed by atoms with Gasteiger partial charge >= 0.3 is 24.5 Å². The summed E-state index contributed by atoms with van der Waals surface area (Å²) in [6, 6.07) is 0. The highest BCUT2D eigenvalue weighted by Gasteiger charge is 2.94. The normalized spacial score (nSPS) is 22.6. The predicted octanol–water partition coefficient (Wildman–Crippen LogP) is 4.21. The van der Waals surface area contributed by atoms with Crippen LogP contribution >= 0.6 is 0 Å². The lowest BCUT2D eigenvalue weighted by molar-refractivity contribution is -0.409. The van der Waals surface area contributed by atoms with Gasteiger partial charge in [-0.1, -0.05) is 0 Å². The zero-order valence-corrected chi connectivity index (χ0v) is 9.07. The Morgan fingerprint density at radius 3 is 1.35 bits per heavy atom. The molecule has 0 fully saturated rings. The Morgan fingerprint density at radius 2 is 1.15 bits per heavy atom. The van der Waals surface area contributed by atoms with E-state index in [1.807, 2.05) is 0 Å². The molecule has 20 heavy (non-hydrogen) atoms. The molecule has 1 nitrogen and oxygen atoms in total. The zero-order valence-electron chi connectivity index (χ0n) is 9.07. The van der Waals surface area contributed by atoms with Gasteiger partial charge < -0.3 is 4.74 Å². The zero-order chi connectivity index (χ0) is 16.4. The molecule has 0 heterocycles. The summed E-state index contributed by atoms with van der Waals surface area (Å²) in [5, 5.41) is 0. The minimum atomic E-state index is -6.92. The highest BCUT2D eigenvalue weighted by atomic mass is 19.4. The molecule has 0 radical (unpaired) electrons. The van der Waals surface area contributed by atoms with Crippen LogP contribution in [0.5, 0.6) is 0 Å². The third-order valence-corrected chi connectivity index (χ3v) is 2.70. The molecule has 1 aliphatic rings. The molecule has 0 N–H and O–H groups in total. The van der Waals surface area contributed by atoms with Crippen LogP contribution in [0, 0.1) is 5.41 Å². The topological polar surface area (TPSA) is 9.23 Å². The van der Waals surface area contributed by atoms with E-state index in [9.17, 15) is 48.3 Å². The molecule has 0 unspecified atom stereocenters. The molecule has 1 aliphatic carbocycles. The molecule has 0 saturated carbocycles. The lowest BCUT2D eigenvalue weighted by Gasteiger charge is -2.51. The molecule has 0 aliphatic heterocycles. The summed E-state index contributed by atoms with van der Waals surface area (Å²) >= 11 is 0. The van der Waals surface area contributed by atoms with Gasteiger partial charge in [0.25, 0.3) is 5.41 Å². The number of hydrogen-bond acceptors (Lipinski definition) is 1. The molecule has 0 aromatic carbocycles. The van der Waals surface area contributed by atoms with Gasteiger partial charge in [-0.15, -0.1) is 0 Å². The van der Waals surface area contributed by atoms with Gasteiger partial charge in [0.2, 0.25) is 0 Å². The van der Waals surface area contributed by atoms with Crippen molar-refractivity contribution in [1.29, 1.82) is 0 Å². The van der Waals surface area contributed by atoms with Gasteiger partial charge in [-0.05, 0) is 0 Å². The van der Waals surface area contributed by atoms with Crippen molar-refractivity contribution in [1.82, 2.24) is 0 Å². The van der Waals surface area contributed by atoms with Gasteiger partial charge in [-0.2, -0.15) is 48.3 Å². The average Bonchev–Trinajstić information content (AvgIpc) is 2.08. The molecule has 0 spiro atoms. The van der Waals surface area contributed by atoms with Crippen LogP contribution in [-0.2, 0) is 4.74 Å². The van der Waals surface area contributed by atoms with Crippen LogP contribution in [0.1, 0.15) is 0 Å². The van der Waals surface area contributed by atoms with Crippen molar-refractivity contribution in [2.75, 3.05) is 7.11 Å². The maximum absolute atomic E-state index is 13.2. The minimum absolute atomic E-state index is 0.117. The van der Waals surface area contributed by atoms with Crippen LogP contribution in [0.25, 0.3) is 0 Å². The van der Waals surface area contributed by atoms with Crippen LogP contribution in [0.3, 0.4) is 0 Å². The molecule has 118 valence electrons. The van der Waals surface area contributed by atoms with Gasteiger partial charge in [0.05, 0.1) is 7.11 Å². The van der Waals surface area contributed by atoms with E-state index in [-0.39, 0.29) is 7.11 Å². The second-order valence-corrected chi connectivity index (χ2v) is 3.73. The number of halogens is 11. The molecule has 12 heteroatoms. The molecule has 1 rings (SSSR count). The van der Waals surface area contributed by atoms with Crippen LogP contribution in [0.2, 0.25) is 0 Å². The number of allylic oxidation sites excluding steroid dienone is 2. The molecule has 0 aromatic rings. The molecule has 0 saturated heterocycles. The van der Waals surface area contributed by atoms with Crippen LogP contribution in [-0.4, -0.2) is 31.6 Å². The average molecular weight is 324 g/mol. The first-order valence-electron chi connectivity index (χ1n) is 4.44. The highest BCUT2D eigenvalue weighted by Crippen LogP contribution is 2.74. The summed E-state index contributed by atoms with van der Waals surface area (Å²) in [4.78, 5) is 0. The molecule has 0 amide bonds. The fraction of sp³-hybridized carbons (Fsp3) is 0.750. The first-order valence-corrected chi connectivity index (χ1v) is 4.44. The Balaban J connectivity index is 3.83. The number of rotatable bonds is 1. The number of methoxy groups -OCH3 is 1. The molecule has 0 bridgehead atoms. The third kappa shape index (κ3) is 1.68. The van der Waals surface area contributed by atoms with E-state index in [0.717, 1.165) is 0 Å². The summed E-state index contributed by atoms with van der Waals surface area (Å²) in [5.74, 6) is -8.61. The van der Waals surface area contributed by atoms with E-state index in [1.165, 1.54) is 0 Å². The Hall–Kier alpha value is -1.23. The fourth-order valence-electron chi connectivity index (χ4n) is 1.96. The van der Waals surface area contributed by atoms with E-state index in [0.29, 0.717) is 0 Å². The lowest BCUT2D eigenvalue weighted by atomic mass is 9.62. The Bertz CT molecular complexity index is 421. The van der Waals surface area contributed by atoms with E-state index in [1.54, 1.807) is 0 Å². The largest absolute Gasteiger partial charge is 0.494 e. The first-order chi connectivity index (χ1) is 8.56. The number of alkyl halides is 11. The van der Waals surface area contributed by atoms with Crippen molar-refractivity contribution in [2.45, 2.75) is 24.5 Å². The smallest absolute Gasteiger partial charge is 0.417 e. The standard InChI is InChI=1S/C8H3F11O/c1-20-3-2(6(11,12)13)4(5(3,9)10,7(14,15)16)8(17,18)19/h1H3. The van der Waals surface area contributed by atoms with Gasteiger partial charge in [0.15, 0.2) is 5.76 Å². The van der Waals surface area contributed by atoms with Crippen molar-refractivity contribution in [3.8, 4) is 0 Å². The Morgan fingerprint density at radius 1 is 0.800 bits per heavy atom. The Labute approximate surface area is 103 Å². The van der Waals surface area contributed by atoms with Crippen molar-refractivity contribution < 1.29 is 53.0 Å². The summed E-state index contributed by atoms with van der Waals surface area (Å²) in [7, 11) is 0.117. The second kappa shape index (κ2) is 3.91. The summed E-state index contributed by atoms with van der Waals surface area (Å²) < 4.78 is 142. The van der Waals surface area contributed by atoms with Crippen molar-refractivity contribution in [3.63, 3.8) is 0 Å². The van der Waals surface area contributed by atoms with Crippen molar-refractivity contribution in [2.24, 2.45) is 5.41 Å². The van der Waals surface area contributed by atoms with Crippen molar-refractivity contribution >= 4 is 0 Å². The van der Waals surface area contributed by atoms with Gasteiger partial charge in [0.1, 0.15) is 5.57 Å². The first kappa shape index (κ1) is 16.8. The number of hydrogen-bond donors (Lipinski definition) is 0. The van der Waals surface area contributed by atoms with Crippen LogP contribution in [0.4, 0.5) is 48.3 Å². The van der Waals surface area contributed by atoms with E-state index >= 15 is 0 Å².